The van der Waals surface area contributed by atoms with E-state index in [4.69, 9.17) is 0 Å². The number of aryl methyl sites for hydroxylation is 1. The van der Waals surface area contributed by atoms with Crippen LogP contribution in [0.5, 0.6) is 0 Å². The first-order valence-corrected chi connectivity index (χ1v) is 6.74. The zero-order valence-electron chi connectivity index (χ0n) is 11.2. The summed E-state index contributed by atoms with van der Waals surface area (Å²) < 4.78 is 0. The van der Waals surface area contributed by atoms with Gasteiger partial charge in [0.05, 0.1) is 6.54 Å². The lowest BCUT2D eigenvalue weighted by Crippen LogP contribution is -2.36. The van der Waals surface area contributed by atoms with Crippen LogP contribution in [-0.2, 0) is 11.2 Å². The summed E-state index contributed by atoms with van der Waals surface area (Å²) >= 11 is 0. The third kappa shape index (κ3) is 3.33. The highest BCUT2D eigenvalue weighted by Gasteiger charge is 2.21. The van der Waals surface area contributed by atoms with E-state index in [1.54, 1.807) is 0 Å². The van der Waals surface area contributed by atoms with Crippen molar-refractivity contribution in [3.63, 3.8) is 0 Å². The second kappa shape index (κ2) is 6.01. The third-order valence-corrected chi connectivity index (χ3v) is 3.35. The molecule has 3 heteroatoms. The Kier molecular flexibility index (Phi) is 4.37. The molecule has 1 amide bonds. The number of hydrogen-bond donors (Lipinski definition) is 2. The number of nitrogens with one attached hydrogen (secondary N) is 2. The molecule has 0 fully saturated rings. The quantitative estimate of drug-likeness (QED) is 0.834. The Balaban J connectivity index is 1.80. The van der Waals surface area contributed by atoms with Crippen LogP contribution in [0.1, 0.15) is 37.4 Å². The van der Waals surface area contributed by atoms with E-state index in [0.717, 1.165) is 19.4 Å². The number of hydrogen-bond acceptors (Lipinski definition) is 2. The SMILES string of the molecule is CC(C)CNC(=O)CNC1CCc2ccccc21. The first-order chi connectivity index (χ1) is 8.66. The average Bonchev–Trinajstić information content (AvgIpc) is 2.77. The second-order valence-electron chi connectivity index (χ2n) is 5.37. The van der Waals surface area contributed by atoms with Crippen molar-refractivity contribution in [2.24, 2.45) is 5.92 Å². The van der Waals surface area contributed by atoms with E-state index in [2.05, 4.69) is 48.7 Å². The van der Waals surface area contributed by atoms with Gasteiger partial charge in [0, 0.05) is 12.6 Å². The third-order valence-electron chi connectivity index (χ3n) is 3.35. The van der Waals surface area contributed by atoms with E-state index in [-0.39, 0.29) is 5.91 Å². The molecule has 1 unspecified atom stereocenters. The first-order valence-electron chi connectivity index (χ1n) is 6.74. The number of fused-ring (bicyclic) bond motifs is 1. The Morgan fingerprint density at radius 3 is 2.94 bits per heavy atom. The number of amides is 1. The highest BCUT2D eigenvalue weighted by atomic mass is 16.1. The lowest BCUT2D eigenvalue weighted by Gasteiger charge is -2.14. The van der Waals surface area contributed by atoms with Gasteiger partial charge >= 0.3 is 0 Å². The van der Waals surface area contributed by atoms with Crippen LogP contribution >= 0.6 is 0 Å². The fourth-order valence-corrected chi connectivity index (χ4v) is 2.37. The van der Waals surface area contributed by atoms with Crippen molar-refractivity contribution in [3.05, 3.63) is 35.4 Å². The summed E-state index contributed by atoms with van der Waals surface area (Å²) in [6.07, 6.45) is 2.21. The average molecular weight is 246 g/mol. The molecule has 98 valence electrons. The lowest BCUT2D eigenvalue weighted by molar-refractivity contribution is -0.120. The van der Waals surface area contributed by atoms with Gasteiger partial charge in [0.1, 0.15) is 0 Å². The van der Waals surface area contributed by atoms with Gasteiger partial charge in [-0.25, -0.2) is 0 Å². The van der Waals surface area contributed by atoms with Crippen molar-refractivity contribution in [2.75, 3.05) is 13.1 Å². The maximum Gasteiger partial charge on any atom is 0.233 e. The van der Waals surface area contributed by atoms with Crippen molar-refractivity contribution >= 4 is 5.91 Å². The minimum atomic E-state index is 0.0908. The zero-order valence-corrected chi connectivity index (χ0v) is 11.2. The highest BCUT2D eigenvalue weighted by Crippen LogP contribution is 2.30. The summed E-state index contributed by atoms with van der Waals surface area (Å²) in [5.74, 6) is 0.592. The Hall–Kier alpha value is -1.35. The zero-order chi connectivity index (χ0) is 13.0. The molecule has 0 bridgehead atoms. The molecule has 1 aliphatic rings. The van der Waals surface area contributed by atoms with Crippen molar-refractivity contribution in [1.29, 1.82) is 0 Å². The highest BCUT2D eigenvalue weighted by molar-refractivity contribution is 5.78. The maximum atomic E-state index is 11.6. The van der Waals surface area contributed by atoms with Gasteiger partial charge in [0.25, 0.3) is 0 Å². The molecule has 0 spiro atoms. The second-order valence-corrected chi connectivity index (χ2v) is 5.37. The van der Waals surface area contributed by atoms with Crippen LogP contribution in [0.15, 0.2) is 24.3 Å². The Morgan fingerprint density at radius 1 is 1.39 bits per heavy atom. The van der Waals surface area contributed by atoms with Crippen molar-refractivity contribution < 1.29 is 4.79 Å². The van der Waals surface area contributed by atoms with E-state index in [1.807, 2.05) is 0 Å². The molecule has 3 nitrogen and oxygen atoms in total. The van der Waals surface area contributed by atoms with Crippen LogP contribution in [0.25, 0.3) is 0 Å². The smallest absolute Gasteiger partial charge is 0.233 e. The van der Waals surface area contributed by atoms with E-state index in [0.29, 0.717) is 18.5 Å². The molecule has 0 saturated heterocycles. The van der Waals surface area contributed by atoms with Gasteiger partial charge in [-0.1, -0.05) is 38.1 Å². The molecule has 0 heterocycles. The van der Waals surface area contributed by atoms with Gasteiger partial charge in [-0.05, 0) is 29.9 Å². The fraction of sp³-hybridized carbons (Fsp3) is 0.533. The summed E-state index contributed by atoms with van der Waals surface area (Å²) in [5, 5.41) is 6.28. The maximum absolute atomic E-state index is 11.6. The van der Waals surface area contributed by atoms with Crippen LogP contribution in [0, 0.1) is 5.92 Å². The molecule has 0 aliphatic heterocycles. The monoisotopic (exact) mass is 246 g/mol. The molecule has 1 aromatic carbocycles. The molecule has 1 atom stereocenters. The largest absolute Gasteiger partial charge is 0.355 e. The van der Waals surface area contributed by atoms with Crippen LogP contribution in [0.3, 0.4) is 0 Å². The van der Waals surface area contributed by atoms with E-state index >= 15 is 0 Å². The van der Waals surface area contributed by atoms with E-state index in [1.165, 1.54) is 11.1 Å². The van der Waals surface area contributed by atoms with Crippen molar-refractivity contribution in [1.82, 2.24) is 10.6 Å². The molecule has 2 N–H and O–H groups in total. The van der Waals surface area contributed by atoms with Gasteiger partial charge in [-0.15, -0.1) is 0 Å². The molecule has 18 heavy (non-hydrogen) atoms. The lowest BCUT2D eigenvalue weighted by atomic mass is 10.1. The minimum absolute atomic E-state index is 0.0908. The van der Waals surface area contributed by atoms with Crippen molar-refractivity contribution in [3.8, 4) is 0 Å². The summed E-state index contributed by atoms with van der Waals surface area (Å²) in [4.78, 5) is 11.6. The van der Waals surface area contributed by atoms with E-state index in [9.17, 15) is 4.79 Å². The van der Waals surface area contributed by atoms with Crippen molar-refractivity contribution in [2.45, 2.75) is 32.7 Å². The number of carbonyl (C=O) groups excluding carboxylic acids is 1. The Labute approximate surface area is 109 Å². The Bertz CT molecular complexity index is 415. The number of rotatable bonds is 5. The summed E-state index contributed by atoms with van der Waals surface area (Å²) in [5.41, 5.74) is 2.77. The predicted molar refractivity (Wildman–Crippen MR) is 73.4 cm³/mol. The molecule has 1 aliphatic carbocycles. The standard InChI is InChI=1S/C15H22N2O/c1-11(2)9-17-15(18)10-16-14-8-7-12-5-3-4-6-13(12)14/h3-6,11,14,16H,7-10H2,1-2H3,(H,17,18). The first kappa shape index (κ1) is 13.1. The normalized spacial score (nSPS) is 17.8. The molecule has 0 aromatic heterocycles. The molecular weight excluding hydrogens is 224 g/mol. The van der Waals surface area contributed by atoms with Gasteiger partial charge in [-0.3, -0.25) is 4.79 Å². The molecule has 1 aromatic rings. The molecule has 0 radical (unpaired) electrons. The van der Waals surface area contributed by atoms with Crippen LogP contribution in [-0.4, -0.2) is 19.0 Å². The van der Waals surface area contributed by atoms with E-state index < -0.39 is 0 Å². The predicted octanol–water partition coefficient (Wildman–Crippen LogP) is 2.04. The molecule has 2 rings (SSSR count). The molecule has 0 saturated carbocycles. The van der Waals surface area contributed by atoms with Gasteiger partial charge < -0.3 is 10.6 Å². The minimum Gasteiger partial charge on any atom is -0.355 e. The van der Waals surface area contributed by atoms with Crippen LogP contribution in [0.2, 0.25) is 0 Å². The van der Waals surface area contributed by atoms with Crippen LogP contribution < -0.4 is 10.6 Å². The van der Waals surface area contributed by atoms with Gasteiger partial charge in [0.15, 0.2) is 0 Å². The van der Waals surface area contributed by atoms with Gasteiger partial charge in [0.2, 0.25) is 5.91 Å². The number of carbonyl (C=O) groups is 1. The summed E-state index contributed by atoms with van der Waals surface area (Å²) in [6, 6.07) is 8.82. The summed E-state index contributed by atoms with van der Waals surface area (Å²) in [6.45, 7) is 5.36. The topological polar surface area (TPSA) is 41.1 Å². The fourth-order valence-electron chi connectivity index (χ4n) is 2.37. The van der Waals surface area contributed by atoms with Crippen LogP contribution in [0.4, 0.5) is 0 Å². The number of benzene rings is 1. The summed E-state index contributed by atoms with van der Waals surface area (Å²) in [7, 11) is 0. The Morgan fingerprint density at radius 2 is 2.17 bits per heavy atom. The van der Waals surface area contributed by atoms with Gasteiger partial charge in [-0.2, -0.15) is 0 Å². The molecular formula is C15H22N2O.